The number of nitro groups is 1. The molecule has 1 atom stereocenters. The highest BCUT2D eigenvalue weighted by Gasteiger charge is 2.64. The number of rotatable bonds is 3. The second-order valence-corrected chi connectivity index (χ2v) is 3.47. The number of phenolic OH excluding ortho intramolecular Hbond substituents is 1. The lowest BCUT2D eigenvalue weighted by Crippen LogP contribution is -2.44. The molecule has 0 heterocycles. The van der Waals surface area contributed by atoms with Crippen molar-refractivity contribution in [3.63, 3.8) is 0 Å². The summed E-state index contributed by atoms with van der Waals surface area (Å²) in [6.07, 6.45) is -10.4. The summed E-state index contributed by atoms with van der Waals surface area (Å²) in [6.45, 7) is 0. The van der Waals surface area contributed by atoms with Gasteiger partial charge in [-0.3, -0.25) is 10.1 Å². The fraction of sp³-hybridized carbons (Fsp3) is 0.333. The second-order valence-electron chi connectivity index (χ2n) is 3.47. The van der Waals surface area contributed by atoms with Crippen LogP contribution in [0.5, 0.6) is 5.75 Å². The zero-order valence-electron chi connectivity index (χ0n) is 8.79. The van der Waals surface area contributed by atoms with E-state index in [0.29, 0.717) is 6.07 Å². The first kappa shape index (κ1) is 15.1. The third-order valence-electron chi connectivity index (χ3n) is 2.31. The van der Waals surface area contributed by atoms with Crippen molar-refractivity contribution in [1.82, 2.24) is 0 Å². The first-order valence-electron chi connectivity index (χ1n) is 4.53. The van der Waals surface area contributed by atoms with Gasteiger partial charge < -0.3 is 5.11 Å². The number of nitro benzene ring substituents is 1. The average molecular weight is 289 g/mol. The van der Waals surface area contributed by atoms with Crippen molar-refractivity contribution >= 4 is 5.69 Å². The van der Waals surface area contributed by atoms with Gasteiger partial charge >= 0.3 is 11.9 Å². The Morgan fingerprint density at radius 3 is 2.11 bits per heavy atom. The van der Waals surface area contributed by atoms with Crippen molar-refractivity contribution in [2.45, 2.75) is 18.3 Å². The predicted molar refractivity (Wildman–Crippen MR) is 49.6 cm³/mol. The first-order valence-corrected chi connectivity index (χ1v) is 4.53. The number of hydrogen-bond donors (Lipinski definition) is 1. The molecule has 0 radical (unpaired) electrons. The van der Waals surface area contributed by atoms with Gasteiger partial charge in [-0.15, -0.1) is 0 Å². The minimum Gasteiger partial charge on any atom is -0.502 e. The summed E-state index contributed by atoms with van der Waals surface area (Å²) in [5, 5.41) is 19.4. The largest absolute Gasteiger partial charge is 0.502 e. The lowest BCUT2D eigenvalue weighted by atomic mass is 9.95. The van der Waals surface area contributed by atoms with E-state index in [1.807, 2.05) is 0 Å². The maximum Gasteiger partial charge on any atom is 0.432 e. The molecule has 1 N–H and O–H groups in total. The maximum atomic E-state index is 13.5. The number of alkyl halides is 6. The molecule has 0 bridgehead atoms. The summed E-state index contributed by atoms with van der Waals surface area (Å²) in [5.74, 6) is -1.06. The molecule has 1 rings (SSSR count). The van der Waals surface area contributed by atoms with E-state index in [-0.39, 0.29) is 12.1 Å². The van der Waals surface area contributed by atoms with Crippen molar-refractivity contribution in [3.05, 3.63) is 33.9 Å². The molecule has 10 heteroatoms. The van der Waals surface area contributed by atoms with Gasteiger partial charge in [0.15, 0.2) is 5.75 Å². The Morgan fingerprint density at radius 2 is 1.74 bits per heavy atom. The molecular weight excluding hydrogens is 284 g/mol. The van der Waals surface area contributed by atoms with Gasteiger partial charge in [0, 0.05) is 11.6 Å². The van der Waals surface area contributed by atoms with Gasteiger partial charge in [0.2, 0.25) is 0 Å². The summed E-state index contributed by atoms with van der Waals surface area (Å²) >= 11 is 0. The Balaban J connectivity index is 3.50. The molecule has 0 aliphatic heterocycles. The van der Waals surface area contributed by atoms with Crippen LogP contribution in [-0.4, -0.2) is 22.6 Å². The summed E-state index contributed by atoms with van der Waals surface area (Å²) in [7, 11) is 0. The highest BCUT2D eigenvalue weighted by atomic mass is 19.4. The van der Waals surface area contributed by atoms with Crippen LogP contribution in [0.4, 0.5) is 32.0 Å². The van der Waals surface area contributed by atoms with E-state index in [2.05, 4.69) is 0 Å². The molecule has 106 valence electrons. The smallest absolute Gasteiger partial charge is 0.432 e. The lowest BCUT2D eigenvalue weighted by Gasteiger charge is -2.27. The number of halogens is 6. The van der Waals surface area contributed by atoms with Crippen molar-refractivity contribution in [2.24, 2.45) is 0 Å². The Bertz CT molecular complexity index is 503. The highest BCUT2D eigenvalue weighted by molar-refractivity contribution is 5.49. The summed E-state index contributed by atoms with van der Waals surface area (Å²) in [6, 6.07) is 0.479. The molecule has 0 aliphatic carbocycles. The van der Waals surface area contributed by atoms with Crippen LogP contribution >= 0.6 is 0 Å². The van der Waals surface area contributed by atoms with E-state index >= 15 is 0 Å². The molecule has 0 spiro atoms. The quantitative estimate of drug-likeness (QED) is 0.527. The van der Waals surface area contributed by atoms with Gasteiger partial charge in [-0.05, 0) is 6.07 Å². The average Bonchev–Trinajstić information content (AvgIpc) is 2.26. The minimum atomic E-state index is -5.97. The number of nitrogens with zero attached hydrogens (tertiary/aromatic N) is 1. The first-order chi connectivity index (χ1) is 8.51. The molecule has 1 aromatic carbocycles. The van der Waals surface area contributed by atoms with Crippen LogP contribution in [0, 0.1) is 10.1 Å². The second kappa shape index (κ2) is 4.59. The van der Waals surface area contributed by atoms with Crippen LogP contribution in [0.1, 0.15) is 5.56 Å². The topological polar surface area (TPSA) is 63.4 Å². The normalized spacial score (nSPS) is 15.3. The van der Waals surface area contributed by atoms with Gasteiger partial charge in [-0.2, -0.15) is 13.2 Å². The molecule has 4 nitrogen and oxygen atoms in total. The summed E-state index contributed by atoms with van der Waals surface area (Å²) in [5.41, 5.74) is -8.00. The Labute approximate surface area is 101 Å². The third-order valence-corrected chi connectivity index (χ3v) is 2.31. The van der Waals surface area contributed by atoms with E-state index in [1.165, 1.54) is 0 Å². The zero-order valence-corrected chi connectivity index (χ0v) is 8.79. The van der Waals surface area contributed by atoms with E-state index in [4.69, 9.17) is 5.11 Å². The fourth-order valence-electron chi connectivity index (χ4n) is 1.31. The van der Waals surface area contributed by atoms with Gasteiger partial charge in [0.25, 0.3) is 12.1 Å². The van der Waals surface area contributed by atoms with Crippen LogP contribution in [0.25, 0.3) is 0 Å². The standard InChI is InChI=1S/C9H5F6NO3/c10-7(11)8(12,9(13,14)15)4-1-2-6(17)5(3-4)16(18)19/h1-3,7,17H. The number of aromatic hydroxyl groups is 1. The molecule has 0 fully saturated rings. The van der Waals surface area contributed by atoms with E-state index < -0.39 is 40.2 Å². The minimum absolute atomic E-state index is 0.0744. The predicted octanol–water partition coefficient (Wildman–Crippen LogP) is 3.29. The Hall–Kier alpha value is -2.00. The van der Waals surface area contributed by atoms with Crippen LogP contribution in [-0.2, 0) is 5.67 Å². The van der Waals surface area contributed by atoms with Crippen molar-refractivity contribution in [3.8, 4) is 5.75 Å². The molecule has 19 heavy (non-hydrogen) atoms. The highest BCUT2D eigenvalue weighted by Crippen LogP contribution is 2.48. The molecular formula is C9H5F6NO3. The zero-order chi connectivity index (χ0) is 15.0. The molecule has 0 saturated carbocycles. The number of phenols is 1. The van der Waals surface area contributed by atoms with E-state index in [9.17, 15) is 36.5 Å². The molecule has 0 aromatic heterocycles. The van der Waals surface area contributed by atoms with Gasteiger partial charge in [0.05, 0.1) is 4.92 Å². The monoisotopic (exact) mass is 289 g/mol. The van der Waals surface area contributed by atoms with Crippen molar-refractivity contribution in [2.75, 3.05) is 0 Å². The molecule has 0 aliphatic rings. The van der Waals surface area contributed by atoms with Crippen LogP contribution in [0.3, 0.4) is 0 Å². The van der Waals surface area contributed by atoms with Crippen molar-refractivity contribution < 1.29 is 36.4 Å². The maximum absolute atomic E-state index is 13.5. The summed E-state index contributed by atoms with van der Waals surface area (Å²) in [4.78, 5) is 9.06. The number of hydrogen-bond acceptors (Lipinski definition) is 3. The Kier molecular flexibility index (Phi) is 3.64. The number of benzene rings is 1. The molecule has 0 saturated heterocycles. The van der Waals surface area contributed by atoms with Gasteiger partial charge in [-0.25, -0.2) is 13.2 Å². The van der Waals surface area contributed by atoms with Crippen LogP contribution in [0.15, 0.2) is 18.2 Å². The summed E-state index contributed by atoms with van der Waals surface area (Å²) < 4.78 is 75.5. The third kappa shape index (κ3) is 2.42. The molecule has 0 amide bonds. The van der Waals surface area contributed by atoms with E-state index in [1.54, 1.807) is 0 Å². The lowest BCUT2D eigenvalue weighted by molar-refractivity contribution is -0.386. The van der Waals surface area contributed by atoms with Crippen molar-refractivity contribution in [1.29, 1.82) is 0 Å². The molecule has 1 unspecified atom stereocenters. The van der Waals surface area contributed by atoms with Gasteiger partial charge in [0.1, 0.15) is 0 Å². The van der Waals surface area contributed by atoms with E-state index in [0.717, 1.165) is 0 Å². The fourth-order valence-corrected chi connectivity index (χ4v) is 1.31. The van der Waals surface area contributed by atoms with Crippen LogP contribution in [0.2, 0.25) is 0 Å². The Morgan fingerprint density at radius 1 is 1.21 bits per heavy atom. The molecule has 1 aromatic rings. The SMILES string of the molecule is O=[N+]([O-])c1cc(C(F)(C(F)F)C(F)(F)F)ccc1O. The van der Waals surface area contributed by atoms with Gasteiger partial charge in [-0.1, -0.05) is 6.07 Å². The van der Waals surface area contributed by atoms with Crippen LogP contribution < -0.4 is 0 Å².